The fraction of sp³-hybridized carbons (Fsp3) is 0.400. The monoisotopic (exact) mass is 295 g/mol. The quantitative estimate of drug-likeness (QED) is 0.879. The topological polar surface area (TPSA) is 42.4 Å². The van der Waals surface area contributed by atoms with Gasteiger partial charge in [-0.1, -0.05) is 6.92 Å². The minimum absolute atomic E-state index is 0.274. The molecule has 0 aliphatic carbocycles. The van der Waals surface area contributed by atoms with Crippen LogP contribution in [0.1, 0.15) is 42.6 Å². The molecule has 2 aromatic rings. The summed E-state index contributed by atoms with van der Waals surface area (Å²) >= 11 is 1.62. The van der Waals surface area contributed by atoms with Crippen LogP contribution >= 0.6 is 11.3 Å². The molecule has 3 nitrogen and oxygen atoms in total. The van der Waals surface area contributed by atoms with Gasteiger partial charge < -0.3 is 9.84 Å². The molecule has 0 aliphatic rings. The molecule has 0 saturated carbocycles. The summed E-state index contributed by atoms with van der Waals surface area (Å²) in [6.45, 7) is 3.97. The highest BCUT2D eigenvalue weighted by Crippen LogP contribution is 2.22. The highest BCUT2D eigenvalue weighted by atomic mass is 32.1. The molecule has 0 aliphatic heterocycles. The molecule has 1 aromatic carbocycles. The van der Waals surface area contributed by atoms with Crippen molar-refractivity contribution in [3.05, 3.63) is 45.7 Å². The molecule has 2 rings (SSSR count). The van der Waals surface area contributed by atoms with Crippen LogP contribution in [-0.2, 0) is 13.0 Å². The lowest BCUT2D eigenvalue weighted by Gasteiger charge is -2.09. The molecule has 1 heterocycles. The van der Waals surface area contributed by atoms with Gasteiger partial charge in [0.25, 0.3) is 0 Å². The van der Waals surface area contributed by atoms with Gasteiger partial charge in [0.05, 0.1) is 16.8 Å². The Hall–Kier alpha value is -1.46. The largest absolute Gasteiger partial charge is 0.487 e. The third-order valence-corrected chi connectivity index (χ3v) is 3.83. The van der Waals surface area contributed by atoms with Crippen molar-refractivity contribution in [3.8, 4) is 5.75 Å². The molecule has 0 radical (unpaired) electrons. The number of thiazole rings is 1. The van der Waals surface area contributed by atoms with Crippen LogP contribution in [0.2, 0.25) is 0 Å². The molecule has 1 N–H and O–H groups in total. The Bertz CT molecular complexity index is 569. The first kappa shape index (κ1) is 14.9. The Morgan fingerprint density at radius 3 is 2.90 bits per heavy atom. The average molecular weight is 295 g/mol. The molecule has 0 amide bonds. The molecular weight excluding hydrogens is 277 g/mol. The number of rotatable bonds is 6. The predicted octanol–water partition coefficient (Wildman–Crippen LogP) is 3.87. The van der Waals surface area contributed by atoms with E-state index in [0.29, 0.717) is 12.4 Å². The normalized spacial score (nSPS) is 12.4. The molecule has 0 spiro atoms. The smallest absolute Gasteiger partial charge is 0.132 e. The van der Waals surface area contributed by atoms with Crippen LogP contribution in [0.3, 0.4) is 0 Å². The Kier molecular flexibility index (Phi) is 5.09. The molecule has 0 saturated heterocycles. The summed E-state index contributed by atoms with van der Waals surface area (Å²) in [6.07, 6.45) is 1.22. The van der Waals surface area contributed by atoms with Crippen molar-refractivity contribution in [2.45, 2.75) is 39.4 Å². The number of hydrogen-bond donors (Lipinski definition) is 1. The molecule has 0 fully saturated rings. The number of ether oxygens (including phenoxy) is 1. The van der Waals surface area contributed by atoms with Crippen LogP contribution in [0.4, 0.5) is 4.39 Å². The summed E-state index contributed by atoms with van der Waals surface area (Å²) in [7, 11) is 0. The Balaban J connectivity index is 1.98. The van der Waals surface area contributed by atoms with E-state index in [0.717, 1.165) is 23.5 Å². The Morgan fingerprint density at radius 2 is 2.25 bits per heavy atom. The van der Waals surface area contributed by atoms with E-state index in [4.69, 9.17) is 4.74 Å². The van der Waals surface area contributed by atoms with Gasteiger partial charge >= 0.3 is 0 Å². The number of nitrogens with zero attached hydrogens (tertiary/aromatic N) is 1. The Labute approximate surface area is 122 Å². The Morgan fingerprint density at radius 1 is 1.45 bits per heavy atom. The van der Waals surface area contributed by atoms with Crippen molar-refractivity contribution in [1.29, 1.82) is 0 Å². The van der Waals surface area contributed by atoms with Gasteiger partial charge in [0.15, 0.2) is 0 Å². The third-order valence-electron chi connectivity index (χ3n) is 2.87. The maximum Gasteiger partial charge on any atom is 0.132 e. The van der Waals surface area contributed by atoms with Crippen molar-refractivity contribution in [3.63, 3.8) is 0 Å². The van der Waals surface area contributed by atoms with E-state index < -0.39 is 11.9 Å². The van der Waals surface area contributed by atoms with Crippen LogP contribution < -0.4 is 4.74 Å². The maximum absolute atomic E-state index is 13.7. The zero-order valence-corrected chi connectivity index (χ0v) is 12.4. The van der Waals surface area contributed by atoms with Crippen LogP contribution in [0.15, 0.2) is 23.6 Å². The van der Waals surface area contributed by atoms with E-state index in [-0.39, 0.29) is 5.56 Å². The summed E-state index contributed by atoms with van der Waals surface area (Å²) in [5.74, 6) is -0.0145. The van der Waals surface area contributed by atoms with Crippen LogP contribution in [0, 0.1) is 5.82 Å². The van der Waals surface area contributed by atoms with E-state index in [1.54, 1.807) is 23.5 Å². The van der Waals surface area contributed by atoms with E-state index in [2.05, 4.69) is 11.9 Å². The lowest BCUT2D eigenvalue weighted by Crippen LogP contribution is -1.99. The van der Waals surface area contributed by atoms with Crippen molar-refractivity contribution >= 4 is 11.3 Å². The zero-order chi connectivity index (χ0) is 14.5. The molecule has 20 heavy (non-hydrogen) atoms. The summed E-state index contributed by atoms with van der Waals surface area (Å²) in [4.78, 5) is 4.44. The maximum atomic E-state index is 13.7. The van der Waals surface area contributed by atoms with Crippen molar-refractivity contribution in [2.24, 2.45) is 0 Å². The summed E-state index contributed by atoms with van der Waals surface area (Å²) in [5.41, 5.74) is 1.13. The van der Waals surface area contributed by atoms with Crippen molar-refractivity contribution in [1.82, 2.24) is 4.98 Å². The zero-order valence-electron chi connectivity index (χ0n) is 11.6. The van der Waals surface area contributed by atoms with Gasteiger partial charge in [-0.3, -0.25) is 0 Å². The summed E-state index contributed by atoms with van der Waals surface area (Å²) in [5, 5.41) is 12.4. The SMILES string of the molecule is CCCc1nc(COc2ccc(C(C)O)c(F)c2)cs1. The first-order chi connectivity index (χ1) is 9.60. The highest BCUT2D eigenvalue weighted by molar-refractivity contribution is 7.09. The number of benzene rings is 1. The second kappa shape index (κ2) is 6.81. The van der Waals surface area contributed by atoms with Gasteiger partial charge in [-0.15, -0.1) is 11.3 Å². The number of aryl methyl sites for hydroxylation is 1. The lowest BCUT2D eigenvalue weighted by atomic mass is 10.1. The van der Waals surface area contributed by atoms with E-state index in [9.17, 15) is 9.50 Å². The molecule has 1 atom stereocenters. The van der Waals surface area contributed by atoms with E-state index in [1.807, 2.05) is 5.38 Å². The van der Waals surface area contributed by atoms with Crippen LogP contribution in [0.5, 0.6) is 5.75 Å². The highest BCUT2D eigenvalue weighted by Gasteiger charge is 2.09. The molecular formula is C15H18FNO2S. The first-order valence-corrected chi connectivity index (χ1v) is 7.51. The summed E-state index contributed by atoms with van der Waals surface area (Å²) in [6, 6.07) is 4.49. The van der Waals surface area contributed by atoms with Gasteiger partial charge in [0.1, 0.15) is 18.2 Å². The third kappa shape index (κ3) is 3.77. The van der Waals surface area contributed by atoms with Gasteiger partial charge in [-0.05, 0) is 31.9 Å². The second-order valence-corrected chi connectivity index (χ2v) is 5.57. The van der Waals surface area contributed by atoms with E-state index in [1.165, 1.54) is 13.0 Å². The number of aliphatic hydroxyl groups excluding tert-OH is 1. The minimum atomic E-state index is -0.820. The van der Waals surface area contributed by atoms with Gasteiger partial charge in [0.2, 0.25) is 0 Å². The fourth-order valence-electron chi connectivity index (χ4n) is 1.84. The fourth-order valence-corrected chi connectivity index (χ4v) is 2.72. The minimum Gasteiger partial charge on any atom is -0.487 e. The van der Waals surface area contributed by atoms with Crippen molar-refractivity contribution < 1.29 is 14.2 Å². The molecule has 108 valence electrons. The summed E-state index contributed by atoms with van der Waals surface area (Å²) < 4.78 is 19.2. The number of aromatic nitrogens is 1. The van der Waals surface area contributed by atoms with Gasteiger partial charge in [-0.25, -0.2) is 9.37 Å². The number of aliphatic hydroxyl groups is 1. The van der Waals surface area contributed by atoms with Crippen molar-refractivity contribution in [2.75, 3.05) is 0 Å². The molecule has 5 heteroatoms. The van der Waals surface area contributed by atoms with E-state index >= 15 is 0 Å². The standard InChI is InChI=1S/C15H18FNO2S/c1-3-4-15-17-11(9-20-15)8-19-12-5-6-13(10(2)18)14(16)7-12/h5-7,9-10,18H,3-4,8H2,1-2H3. The first-order valence-electron chi connectivity index (χ1n) is 6.63. The molecule has 0 bridgehead atoms. The number of halogens is 1. The average Bonchev–Trinajstić information content (AvgIpc) is 2.84. The molecule has 1 unspecified atom stereocenters. The van der Waals surface area contributed by atoms with Crippen LogP contribution in [0.25, 0.3) is 0 Å². The predicted molar refractivity (Wildman–Crippen MR) is 77.5 cm³/mol. The van der Waals surface area contributed by atoms with Gasteiger partial charge in [-0.2, -0.15) is 0 Å². The van der Waals surface area contributed by atoms with Crippen LogP contribution in [-0.4, -0.2) is 10.1 Å². The van der Waals surface area contributed by atoms with Gasteiger partial charge in [0, 0.05) is 17.0 Å². The number of hydrogen-bond acceptors (Lipinski definition) is 4. The second-order valence-electron chi connectivity index (χ2n) is 4.63. The molecule has 1 aromatic heterocycles. The lowest BCUT2D eigenvalue weighted by molar-refractivity contribution is 0.193.